The largest absolute Gasteiger partial charge is 0.240 e. The molecule has 1 aliphatic carbocycles. The second kappa shape index (κ2) is 7.75. The van der Waals surface area contributed by atoms with Crippen LogP contribution in [0.2, 0.25) is 0 Å². The summed E-state index contributed by atoms with van der Waals surface area (Å²) in [5.41, 5.74) is 1.08. The van der Waals surface area contributed by atoms with E-state index in [0.717, 1.165) is 30.2 Å². The normalized spacial score (nSPS) is 18.6. The van der Waals surface area contributed by atoms with Gasteiger partial charge in [0, 0.05) is 11.4 Å². The fraction of sp³-hybridized carbons (Fsp3) is 0.625. The van der Waals surface area contributed by atoms with Gasteiger partial charge in [-0.15, -0.1) is 0 Å². The fourth-order valence-electron chi connectivity index (χ4n) is 3.07. The zero-order chi connectivity index (χ0) is 15.3. The van der Waals surface area contributed by atoms with Crippen molar-refractivity contribution in [3.63, 3.8) is 0 Å². The van der Waals surface area contributed by atoms with Crippen LogP contribution in [0.15, 0.2) is 29.2 Å². The molecule has 1 atom stereocenters. The summed E-state index contributed by atoms with van der Waals surface area (Å²) < 4.78 is 28.0. The second-order valence-corrected chi connectivity index (χ2v) is 8.09. The first-order valence-electron chi connectivity index (χ1n) is 7.74. The van der Waals surface area contributed by atoms with Crippen molar-refractivity contribution >= 4 is 26.0 Å². The predicted molar refractivity (Wildman–Crippen MR) is 90.0 cm³/mol. The van der Waals surface area contributed by atoms with Crippen molar-refractivity contribution in [2.75, 3.05) is 0 Å². The van der Waals surface area contributed by atoms with Crippen LogP contribution in [0.1, 0.15) is 51.0 Å². The van der Waals surface area contributed by atoms with Crippen LogP contribution in [0.3, 0.4) is 0 Å². The van der Waals surface area contributed by atoms with E-state index in [0.29, 0.717) is 10.8 Å². The minimum absolute atomic E-state index is 0.0613. The Bertz CT molecular complexity index is 536. The number of hydrogen-bond donors (Lipinski definition) is 1. The van der Waals surface area contributed by atoms with Gasteiger partial charge in [0.2, 0.25) is 10.0 Å². The van der Waals surface area contributed by atoms with Gasteiger partial charge in [0.05, 0.1) is 4.90 Å². The van der Waals surface area contributed by atoms with Crippen LogP contribution in [-0.2, 0) is 15.4 Å². The maximum absolute atomic E-state index is 12.5. The molecular formula is C16H24BrNO2S. The Hall–Kier alpha value is -0.390. The average molecular weight is 374 g/mol. The van der Waals surface area contributed by atoms with Crippen molar-refractivity contribution in [3.8, 4) is 0 Å². The van der Waals surface area contributed by atoms with Gasteiger partial charge < -0.3 is 0 Å². The molecule has 1 N–H and O–H groups in total. The summed E-state index contributed by atoms with van der Waals surface area (Å²) in [7, 11) is -3.41. The van der Waals surface area contributed by atoms with Gasteiger partial charge in [-0.05, 0) is 42.9 Å². The van der Waals surface area contributed by atoms with Crippen molar-refractivity contribution in [2.45, 2.75) is 61.7 Å². The molecule has 1 aliphatic rings. The molecular weight excluding hydrogens is 350 g/mol. The Morgan fingerprint density at radius 3 is 2.33 bits per heavy atom. The highest BCUT2D eigenvalue weighted by Crippen LogP contribution is 2.28. The van der Waals surface area contributed by atoms with E-state index in [-0.39, 0.29) is 6.04 Å². The molecule has 1 aromatic carbocycles. The molecule has 0 amide bonds. The maximum atomic E-state index is 12.5. The van der Waals surface area contributed by atoms with Crippen molar-refractivity contribution in [1.82, 2.24) is 4.72 Å². The van der Waals surface area contributed by atoms with Crippen molar-refractivity contribution < 1.29 is 8.42 Å². The van der Waals surface area contributed by atoms with Crippen molar-refractivity contribution in [3.05, 3.63) is 29.8 Å². The minimum atomic E-state index is -3.41. The summed E-state index contributed by atoms with van der Waals surface area (Å²) in [6.07, 6.45) is 6.87. The number of halogens is 1. The van der Waals surface area contributed by atoms with Gasteiger partial charge in [0.1, 0.15) is 0 Å². The summed E-state index contributed by atoms with van der Waals surface area (Å²) in [5, 5.41) is 0.737. The summed E-state index contributed by atoms with van der Waals surface area (Å²) in [4.78, 5) is 0.362. The number of hydrogen-bond acceptors (Lipinski definition) is 2. The van der Waals surface area contributed by atoms with Crippen LogP contribution in [-0.4, -0.2) is 14.5 Å². The molecule has 0 aliphatic heterocycles. The highest BCUT2D eigenvalue weighted by atomic mass is 79.9. The molecule has 1 fully saturated rings. The summed E-state index contributed by atoms with van der Waals surface area (Å²) >= 11 is 3.37. The molecule has 1 aromatic rings. The number of rotatable bonds is 6. The summed E-state index contributed by atoms with van der Waals surface area (Å²) in [6, 6.07) is 7.14. The minimum Gasteiger partial charge on any atom is -0.208 e. The van der Waals surface area contributed by atoms with Gasteiger partial charge in [-0.25, -0.2) is 13.1 Å². The third kappa shape index (κ3) is 4.54. The quantitative estimate of drug-likeness (QED) is 0.758. The molecule has 1 unspecified atom stereocenters. The van der Waals surface area contributed by atoms with E-state index in [4.69, 9.17) is 0 Å². The van der Waals surface area contributed by atoms with Crippen LogP contribution in [0.25, 0.3) is 0 Å². The van der Waals surface area contributed by atoms with Gasteiger partial charge in [-0.3, -0.25) is 0 Å². The Kier molecular flexibility index (Phi) is 6.26. The van der Waals surface area contributed by atoms with Gasteiger partial charge in [0.15, 0.2) is 0 Å². The van der Waals surface area contributed by atoms with Gasteiger partial charge in [-0.1, -0.05) is 54.2 Å². The molecule has 21 heavy (non-hydrogen) atoms. The van der Waals surface area contributed by atoms with Crippen molar-refractivity contribution in [1.29, 1.82) is 0 Å². The summed E-state index contributed by atoms with van der Waals surface area (Å²) in [6.45, 7) is 2.07. The molecule has 0 saturated heterocycles. The smallest absolute Gasteiger partial charge is 0.208 e. The lowest BCUT2D eigenvalue weighted by atomic mass is 9.83. The van der Waals surface area contributed by atoms with Crippen LogP contribution < -0.4 is 4.72 Å². The molecule has 0 spiro atoms. The van der Waals surface area contributed by atoms with E-state index >= 15 is 0 Å². The standard InChI is InChI=1S/C16H24BrNO2S/c1-2-16(14-6-4-3-5-7-14)18-21(19,20)15-10-8-13(12-17)9-11-15/h8-11,14,16,18H,2-7,12H2,1H3. The van der Waals surface area contributed by atoms with Gasteiger partial charge in [-0.2, -0.15) is 0 Å². The van der Waals surface area contributed by atoms with Gasteiger partial charge in [0.25, 0.3) is 0 Å². The third-order valence-electron chi connectivity index (χ3n) is 4.35. The van der Waals surface area contributed by atoms with E-state index in [2.05, 4.69) is 27.6 Å². The van der Waals surface area contributed by atoms with Crippen LogP contribution >= 0.6 is 15.9 Å². The Morgan fingerprint density at radius 2 is 1.81 bits per heavy atom. The van der Waals surface area contributed by atoms with Crippen LogP contribution in [0.4, 0.5) is 0 Å². The molecule has 5 heteroatoms. The molecule has 0 aromatic heterocycles. The van der Waals surface area contributed by atoms with Gasteiger partial charge >= 0.3 is 0 Å². The van der Waals surface area contributed by atoms with E-state index in [9.17, 15) is 8.42 Å². The molecule has 2 rings (SSSR count). The maximum Gasteiger partial charge on any atom is 0.240 e. The number of alkyl halides is 1. The molecule has 118 valence electrons. The SMILES string of the molecule is CCC(NS(=O)(=O)c1ccc(CBr)cc1)C1CCCCC1. The number of nitrogens with one attached hydrogen (secondary N) is 1. The monoisotopic (exact) mass is 373 g/mol. The highest BCUT2D eigenvalue weighted by Gasteiger charge is 2.27. The first-order chi connectivity index (χ1) is 10.1. The highest BCUT2D eigenvalue weighted by molar-refractivity contribution is 9.08. The molecule has 1 saturated carbocycles. The first-order valence-corrected chi connectivity index (χ1v) is 10.3. The number of benzene rings is 1. The predicted octanol–water partition coefficient (Wildman–Crippen LogP) is 4.22. The Balaban J connectivity index is 2.10. The average Bonchev–Trinajstić information content (AvgIpc) is 2.53. The summed E-state index contributed by atoms with van der Waals surface area (Å²) in [5.74, 6) is 0.486. The lowest BCUT2D eigenvalue weighted by molar-refractivity contribution is 0.285. The van der Waals surface area contributed by atoms with E-state index < -0.39 is 10.0 Å². The lowest BCUT2D eigenvalue weighted by Gasteiger charge is -2.30. The van der Waals surface area contributed by atoms with E-state index in [1.165, 1.54) is 19.3 Å². The zero-order valence-corrected chi connectivity index (χ0v) is 14.9. The zero-order valence-electron chi connectivity index (χ0n) is 12.5. The second-order valence-electron chi connectivity index (χ2n) is 5.81. The molecule has 0 radical (unpaired) electrons. The van der Waals surface area contributed by atoms with Crippen LogP contribution in [0, 0.1) is 5.92 Å². The Labute approximate surface area is 136 Å². The van der Waals surface area contributed by atoms with E-state index in [1.807, 2.05) is 12.1 Å². The topological polar surface area (TPSA) is 46.2 Å². The number of sulfonamides is 1. The van der Waals surface area contributed by atoms with Crippen molar-refractivity contribution in [2.24, 2.45) is 5.92 Å². The van der Waals surface area contributed by atoms with Crippen LogP contribution in [0.5, 0.6) is 0 Å². The lowest BCUT2D eigenvalue weighted by Crippen LogP contribution is -2.40. The Morgan fingerprint density at radius 1 is 1.19 bits per heavy atom. The third-order valence-corrected chi connectivity index (χ3v) is 6.51. The molecule has 0 bridgehead atoms. The first kappa shape index (κ1) is 17.0. The molecule has 0 heterocycles. The fourth-order valence-corrected chi connectivity index (χ4v) is 4.84. The molecule has 3 nitrogen and oxygen atoms in total. The van der Waals surface area contributed by atoms with E-state index in [1.54, 1.807) is 12.1 Å².